The molecule has 1 amide bonds. The van der Waals surface area contributed by atoms with Crippen LogP contribution in [0.15, 0.2) is 0 Å². The lowest BCUT2D eigenvalue weighted by Gasteiger charge is -2.34. The monoisotopic (exact) mass is 237 g/mol. The number of nitrogens with zero attached hydrogens (tertiary/aromatic N) is 2. The van der Waals surface area contributed by atoms with Crippen LogP contribution in [0.3, 0.4) is 0 Å². The van der Waals surface area contributed by atoms with E-state index in [1.54, 1.807) is 0 Å². The van der Waals surface area contributed by atoms with Crippen molar-refractivity contribution in [3.05, 3.63) is 0 Å². The van der Waals surface area contributed by atoms with Crippen LogP contribution >= 0.6 is 0 Å². The second-order valence-electron chi connectivity index (χ2n) is 4.55. The molecule has 1 unspecified atom stereocenters. The van der Waals surface area contributed by atoms with Crippen LogP contribution in [0.2, 0.25) is 0 Å². The maximum atomic E-state index is 11.9. The molecule has 1 heterocycles. The number of piperazine rings is 1. The molecule has 0 aliphatic carbocycles. The van der Waals surface area contributed by atoms with Gasteiger partial charge in [0.25, 0.3) is 0 Å². The molecular formula is C13H23N3O. The highest BCUT2D eigenvalue weighted by Crippen LogP contribution is 2.01. The number of carbonyl (C=O) groups is 1. The summed E-state index contributed by atoms with van der Waals surface area (Å²) in [4.78, 5) is 16.0. The average Bonchev–Trinajstić information content (AvgIpc) is 2.36. The molecule has 4 nitrogen and oxygen atoms in total. The lowest BCUT2D eigenvalue weighted by Crippen LogP contribution is -2.51. The van der Waals surface area contributed by atoms with Gasteiger partial charge in [-0.1, -0.05) is 12.8 Å². The molecule has 0 aromatic rings. The molecule has 0 aromatic heterocycles. The molecule has 17 heavy (non-hydrogen) atoms. The Labute approximate surface area is 104 Å². The normalized spacial score (nSPS) is 18.8. The zero-order valence-electron chi connectivity index (χ0n) is 10.9. The standard InChI is InChI=1S/C13H23N3O/c1-4-6-15-7-9-16(10-8-15)13(17)11-14-12(3)5-2/h1,12,14H,5-11H2,2-3H3. The number of hydrogen-bond acceptors (Lipinski definition) is 3. The van der Waals surface area contributed by atoms with Crippen LogP contribution in [-0.4, -0.2) is 61.0 Å². The Hall–Kier alpha value is -1.05. The second kappa shape index (κ2) is 7.31. The molecule has 0 bridgehead atoms. The van der Waals surface area contributed by atoms with E-state index in [1.807, 2.05) is 4.90 Å². The maximum Gasteiger partial charge on any atom is 0.236 e. The van der Waals surface area contributed by atoms with Gasteiger partial charge in [-0.15, -0.1) is 6.42 Å². The van der Waals surface area contributed by atoms with E-state index in [0.29, 0.717) is 19.1 Å². The number of terminal acetylenes is 1. The summed E-state index contributed by atoms with van der Waals surface area (Å²) in [7, 11) is 0. The molecule has 1 rings (SSSR count). The van der Waals surface area contributed by atoms with Crippen molar-refractivity contribution in [2.75, 3.05) is 39.3 Å². The lowest BCUT2D eigenvalue weighted by atomic mass is 10.2. The molecule has 1 aliphatic heterocycles. The summed E-state index contributed by atoms with van der Waals surface area (Å²) in [6.45, 7) is 8.71. The van der Waals surface area contributed by atoms with Gasteiger partial charge >= 0.3 is 0 Å². The molecule has 0 saturated carbocycles. The van der Waals surface area contributed by atoms with Gasteiger partial charge < -0.3 is 10.2 Å². The molecular weight excluding hydrogens is 214 g/mol. The predicted octanol–water partition coefficient (Wildman–Crippen LogP) is 0.152. The van der Waals surface area contributed by atoms with E-state index in [0.717, 1.165) is 32.6 Å². The maximum absolute atomic E-state index is 11.9. The van der Waals surface area contributed by atoms with Gasteiger partial charge in [-0.05, 0) is 13.3 Å². The first-order valence-electron chi connectivity index (χ1n) is 6.34. The summed E-state index contributed by atoms with van der Waals surface area (Å²) in [6, 6.07) is 0.404. The highest BCUT2D eigenvalue weighted by atomic mass is 16.2. The summed E-state index contributed by atoms with van der Waals surface area (Å²) < 4.78 is 0. The smallest absolute Gasteiger partial charge is 0.236 e. The fourth-order valence-electron chi connectivity index (χ4n) is 1.80. The van der Waals surface area contributed by atoms with Gasteiger partial charge in [0, 0.05) is 32.2 Å². The Bertz CT molecular complexity index is 277. The van der Waals surface area contributed by atoms with Gasteiger partial charge in [-0.2, -0.15) is 0 Å². The minimum atomic E-state index is 0.200. The molecule has 1 atom stereocenters. The molecule has 0 radical (unpaired) electrons. The zero-order valence-corrected chi connectivity index (χ0v) is 10.9. The van der Waals surface area contributed by atoms with Crippen LogP contribution in [0, 0.1) is 12.3 Å². The number of nitrogens with one attached hydrogen (secondary N) is 1. The van der Waals surface area contributed by atoms with Crippen LogP contribution in [0.1, 0.15) is 20.3 Å². The van der Waals surface area contributed by atoms with Crippen LogP contribution in [-0.2, 0) is 4.79 Å². The zero-order chi connectivity index (χ0) is 12.7. The molecule has 0 aromatic carbocycles. The summed E-state index contributed by atoms with van der Waals surface area (Å²) in [5.41, 5.74) is 0. The molecule has 1 saturated heterocycles. The Morgan fingerprint density at radius 3 is 2.59 bits per heavy atom. The number of hydrogen-bond donors (Lipinski definition) is 1. The molecule has 1 fully saturated rings. The molecule has 0 spiro atoms. The van der Waals surface area contributed by atoms with E-state index in [4.69, 9.17) is 6.42 Å². The third kappa shape index (κ3) is 4.76. The quantitative estimate of drug-likeness (QED) is 0.692. The minimum absolute atomic E-state index is 0.200. The van der Waals surface area contributed by atoms with Crippen molar-refractivity contribution in [2.45, 2.75) is 26.3 Å². The summed E-state index contributed by atoms with van der Waals surface area (Å²) in [5.74, 6) is 2.84. The van der Waals surface area contributed by atoms with E-state index in [9.17, 15) is 4.79 Å². The lowest BCUT2D eigenvalue weighted by molar-refractivity contribution is -0.132. The van der Waals surface area contributed by atoms with Crippen molar-refractivity contribution in [3.63, 3.8) is 0 Å². The first-order valence-corrected chi connectivity index (χ1v) is 6.34. The van der Waals surface area contributed by atoms with Crippen LogP contribution < -0.4 is 5.32 Å². The summed E-state index contributed by atoms with van der Waals surface area (Å²) in [6.07, 6.45) is 6.31. The predicted molar refractivity (Wildman–Crippen MR) is 69.6 cm³/mol. The first kappa shape index (κ1) is 14.0. The van der Waals surface area contributed by atoms with Crippen LogP contribution in [0.4, 0.5) is 0 Å². The average molecular weight is 237 g/mol. The van der Waals surface area contributed by atoms with E-state index in [1.165, 1.54) is 0 Å². The Kier molecular flexibility index (Phi) is 6.03. The van der Waals surface area contributed by atoms with Crippen LogP contribution in [0.25, 0.3) is 0 Å². The molecule has 1 N–H and O–H groups in total. The Morgan fingerprint density at radius 1 is 1.41 bits per heavy atom. The SMILES string of the molecule is C#CCN1CCN(C(=O)CNC(C)CC)CC1. The largest absolute Gasteiger partial charge is 0.339 e. The van der Waals surface area contributed by atoms with Gasteiger partial charge in [0.15, 0.2) is 0 Å². The van der Waals surface area contributed by atoms with Gasteiger partial charge in [-0.25, -0.2) is 0 Å². The highest BCUT2D eigenvalue weighted by Gasteiger charge is 2.20. The van der Waals surface area contributed by atoms with Crippen molar-refractivity contribution in [3.8, 4) is 12.3 Å². The van der Waals surface area contributed by atoms with Gasteiger partial charge in [0.05, 0.1) is 13.1 Å². The number of amides is 1. The van der Waals surface area contributed by atoms with Crippen molar-refractivity contribution in [1.29, 1.82) is 0 Å². The van der Waals surface area contributed by atoms with E-state index >= 15 is 0 Å². The minimum Gasteiger partial charge on any atom is -0.339 e. The van der Waals surface area contributed by atoms with E-state index < -0.39 is 0 Å². The van der Waals surface area contributed by atoms with Crippen molar-refractivity contribution in [2.24, 2.45) is 0 Å². The molecule has 1 aliphatic rings. The third-order valence-corrected chi connectivity index (χ3v) is 3.25. The van der Waals surface area contributed by atoms with Gasteiger partial charge in [0.1, 0.15) is 0 Å². The topological polar surface area (TPSA) is 35.6 Å². The van der Waals surface area contributed by atoms with Crippen molar-refractivity contribution < 1.29 is 4.79 Å². The second-order valence-corrected chi connectivity index (χ2v) is 4.55. The number of rotatable bonds is 5. The summed E-state index contributed by atoms with van der Waals surface area (Å²) >= 11 is 0. The fraction of sp³-hybridized carbons (Fsp3) is 0.769. The molecule has 4 heteroatoms. The Balaban J connectivity index is 2.24. The van der Waals surface area contributed by atoms with Crippen molar-refractivity contribution >= 4 is 5.91 Å². The highest BCUT2D eigenvalue weighted by molar-refractivity contribution is 5.78. The fourth-order valence-corrected chi connectivity index (χ4v) is 1.80. The van der Waals surface area contributed by atoms with E-state index in [2.05, 4.69) is 30.0 Å². The van der Waals surface area contributed by atoms with Gasteiger partial charge in [-0.3, -0.25) is 9.69 Å². The first-order chi connectivity index (χ1) is 8.17. The van der Waals surface area contributed by atoms with Gasteiger partial charge in [0.2, 0.25) is 5.91 Å². The van der Waals surface area contributed by atoms with Crippen LogP contribution in [0.5, 0.6) is 0 Å². The third-order valence-electron chi connectivity index (χ3n) is 3.25. The summed E-state index contributed by atoms with van der Waals surface area (Å²) in [5, 5.41) is 3.23. The molecule has 96 valence electrons. The van der Waals surface area contributed by atoms with Crippen molar-refractivity contribution in [1.82, 2.24) is 15.1 Å². The Morgan fingerprint density at radius 2 is 2.06 bits per heavy atom. The van der Waals surface area contributed by atoms with E-state index in [-0.39, 0.29) is 5.91 Å². The number of carbonyl (C=O) groups excluding carboxylic acids is 1.